The number of nitrogens with zero attached hydrogens (tertiary/aromatic N) is 16. The Morgan fingerprint density at radius 2 is 0.402 bits per heavy atom. The molecule has 9 heterocycles. The summed E-state index contributed by atoms with van der Waals surface area (Å²) in [5.41, 5.74) is -8.14. The minimum absolute atomic E-state index is 0.150. The van der Waals surface area contributed by atoms with E-state index < -0.39 is 66.5 Å². The molecule has 3 aromatic heterocycles. The summed E-state index contributed by atoms with van der Waals surface area (Å²) >= 11 is 0. The van der Waals surface area contributed by atoms with E-state index in [1.54, 1.807) is 0 Å². The molecule has 6 fully saturated rings. The minimum atomic E-state index is -0.699. The number of rotatable bonds is 21. The SMILES string of the molecule is CC1(C)CC(Nc2nc(NCCN(CCNc3nc(NC4CC(C)(C)N([O])C(C)(C)C4)nc(NC4CC(C)(C)N([O])C(C)(C)C4)n3)c3nc(NC4CC(C)(C)N([O])C(C)(C)C4)nc(NC4CC(C)(C)N([O])C(C)(C)C4)n3)nc(NC3CC(C)(C)N([O])C(C)(C)C3)n2)CC(C)(C)N1[O]. The highest BCUT2D eigenvalue weighted by Crippen LogP contribution is 2.44. The number of anilines is 9. The molecule has 0 amide bonds. The van der Waals surface area contributed by atoms with Crippen LogP contribution >= 0.6 is 0 Å². The third-order valence-electron chi connectivity index (χ3n) is 21.1. The number of hydroxylamine groups is 12. The summed E-state index contributed by atoms with van der Waals surface area (Å²) in [5, 5.41) is 117. The normalized spacial score (nSPS) is 26.2. The maximum absolute atomic E-state index is 13.7. The molecule has 97 heavy (non-hydrogen) atoms. The van der Waals surface area contributed by atoms with Crippen LogP contribution in [-0.4, -0.2) is 204 Å². The predicted molar refractivity (Wildman–Crippen MR) is 373 cm³/mol. The van der Waals surface area contributed by atoms with E-state index in [9.17, 15) is 31.2 Å². The zero-order valence-electron chi connectivity index (χ0n) is 62.9. The van der Waals surface area contributed by atoms with Gasteiger partial charge in [-0.1, -0.05) is 0 Å². The Morgan fingerprint density at radius 3 is 0.567 bits per heavy atom. The molecule has 0 saturated carbocycles. The second-order valence-electron chi connectivity index (χ2n) is 36.7. The summed E-state index contributed by atoms with van der Waals surface area (Å²) < 4.78 is 0. The third-order valence-corrected chi connectivity index (χ3v) is 21.1. The highest BCUT2D eigenvalue weighted by Gasteiger charge is 2.52. The maximum atomic E-state index is 13.7. The fraction of sp³-hybridized carbons (Fsp3) is 0.866. The molecule has 0 spiro atoms. The van der Waals surface area contributed by atoms with Crippen LogP contribution in [0.3, 0.4) is 0 Å². The first-order valence-electron chi connectivity index (χ1n) is 35.2. The number of hydrogen-bond donors (Lipinski definition) is 8. The van der Waals surface area contributed by atoms with Gasteiger partial charge in [0, 0.05) is 129 Å². The lowest BCUT2D eigenvalue weighted by Gasteiger charge is -2.50. The van der Waals surface area contributed by atoms with Gasteiger partial charge in [0.25, 0.3) is 0 Å². The zero-order chi connectivity index (χ0) is 72.0. The fourth-order valence-corrected chi connectivity index (χ4v) is 18.0. The summed E-state index contributed by atoms with van der Waals surface area (Å²) in [6, 6.07) is -0.978. The van der Waals surface area contributed by atoms with E-state index in [4.69, 9.17) is 44.9 Å². The highest BCUT2D eigenvalue weighted by molar-refractivity contribution is 5.49. The van der Waals surface area contributed by atoms with Gasteiger partial charge >= 0.3 is 0 Å². The van der Waals surface area contributed by atoms with Crippen LogP contribution < -0.4 is 47.4 Å². The first-order valence-corrected chi connectivity index (χ1v) is 35.2. The van der Waals surface area contributed by atoms with Crippen LogP contribution in [0.15, 0.2) is 0 Å². The van der Waals surface area contributed by atoms with Crippen molar-refractivity contribution in [2.24, 2.45) is 0 Å². The molecule has 0 aliphatic carbocycles. The van der Waals surface area contributed by atoms with Gasteiger partial charge < -0.3 is 47.4 Å². The van der Waals surface area contributed by atoms with Gasteiger partial charge in [-0.15, -0.1) is 61.6 Å². The number of piperidine rings is 6. The van der Waals surface area contributed by atoms with Crippen molar-refractivity contribution in [3.8, 4) is 0 Å². The summed E-state index contributed by atoms with van der Waals surface area (Å²) in [6.45, 7) is 48.0. The number of aromatic nitrogens is 9. The number of hydrogen-bond acceptors (Lipinski definition) is 24. The molecule has 0 aromatic carbocycles. The Morgan fingerprint density at radius 1 is 0.258 bits per heavy atom. The molecule has 8 N–H and O–H groups in total. The van der Waals surface area contributed by atoms with Crippen LogP contribution in [0, 0.1) is 0 Å². The van der Waals surface area contributed by atoms with Gasteiger partial charge in [0.15, 0.2) is 0 Å². The fourth-order valence-electron chi connectivity index (χ4n) is 18.0. The van der Waals surface area contributed by atoms with Crippen LogP contribution in [0.25, 0.3) is 0 Å². The van der Waals surface area contributed by atoms with Gasteiger partial charge in [0.2, 0.25) is 53.5 Å². The van der Waals surface area contributed by atoms with E-state index in [1.807, 2.05) is 171 Å². The molecule has 3 aromatic rings. The number of nitrogens with one attached hydrogen (secondary N) is 8. The second kappa shape index (κ2) is 26.6. The first kappa shape index (κ1) is 75.9. The molecule has 6 saturated heterocycles. The van der Waals surface area contributed by atoms with Gasteiger partial charge in [-0.05, 0) is 243 Å². The third kappa shape index (κ3) is 17.4. The summed E-state index contributed by atoms with van der Waals surface area (Å²) in [6.07, 6.45) is 6.43. The molecule has 30 nitrogen and oxygen atoms in total. The molecule has 6 aliphatic rings. The van der Waals surface area contributed by atoms with Gasteiger partial charge in [0.1, 0.15) is 0 Å². The van der Waals surface area contributed by atoms with Crippen LogP contribution in [0.4, 0.5) is 53.5 Å². The monoisotopic (exact) mass is 1350 g/mol. The highest BCUT2D eigenvalue weighted by atomic mass is 16.5. The molecule has 9 rings (SSSR count). The van der Waals surface area contributed by atoms with Crippen LogP contribution in [0.2, 0.25) is 0 Å². The van der Waals surface area contributed by atoms with Crippen molar-refractivity contribution in [3.05, 3.63) is 0 Å². The smallest absolute Gasteiger partial charge is 0.232 e. The van der Waals surface area contributed by atoms with E-state index in [1.165, 1.54) is 30.4 Å². The molecule has 0 atom stereocenters. The van der Waals surface area contributed by atoms with Crippen LogP contribution in [0.1, 0.15) is 243 Å². The van der Waals surface area contributed by atoms with Crippen molar-refractivity contribution in [1.29, 1.82) is 0 Å². The van der Waals surface area contributed by atoms with Gasteiger partial charge in [-0.3, -0.25) is 0 Å². The van der Waals surface area contributed by atoms with Crippen molar-refractivity contribution in [2.75, 3.05) is 73.6 Å². The Hall–Kier alpha value is -5.25. The van der Waals surface area contributed by atoms with E-state index >= 15 is 0 Å². The topological polar surface area (TPSA) is 354 Å². The zero-order valence-corrected chi connectivity index (χ0v) is 62.9. The van der Waals surface area contributed by atoms with Crippen molar-refractivity contribution in [1.82, 2.24) is 75.2 Å². The van der Waals surface area contributed by atoms with Gasteiger partial charge in [-0.25, -0.2) is 0 Å². The maximum Gasteiger partial charge on any atom is 0.232 e. The Bertz CT molecular complexity index is 2800. The molecule has 542 valence electrons. The Kier molecular flexibility index (Phi) is 20.8. The molecule has 6 radical (unpaired) electrons. The van der Waals surface area contributed by atoms with Crippen LogP contribution in [0.5, 0.6) is 0 Å². The minimum Gasteiger partial charge on any atom is -0.352 e. The Balaban J connectivity index is 1.08. The van der Waals surface area contributed by atoms with E-state index in [-0.39, 0.29) is 74.3 Å². The van der Waals surface area contributed by atoms with Crippen LogP contribution in [-0.2, 0) is 31.2 Å². The predicted octanol–water partition coefficient (Wildman–Crippen LogP) is 9.95. The van der Waals surface area contributed by atoms with Gasteiger partial charge in [0.05, 0.1) is 0 Å². The quantitative estimate of drug-likeness (QED) is 0.0491. The Labute approximate surface area is 577 Å². The lowest BCUT2D eigenvalue weighted by Crippen LogP contribution is -2.61. The first-order chi connectivity index (χ1) is 44.3. The van der Waals surface area contributed by atoms with E-state index in [0.29, 0.717) is 119 Å². The summed E-state index contributed by atoms with van der Waals surface area (Å²) in [7, 11) is 0. The van der Waals surface area contributed by atoms with Crippen molar-refractivity contribution in [3.63, 3.8) is 0 Å². The van der Waals surface area contributed by atoms with Crippen molar-refractivity contribution in [2.45, 2.75) is 346 Å². The average molecular weight is 1360 g/mol. The molecule has 0 unspecified atom stereocenters. The molecule has 6 aliphatic heterocycles. The summed E-state index contributed by atoms with van der Waals surface area (Å²) in [5.74, 6) is 2.85. The lowest BCUT2D eigenvalue weighted by molar-refractivity contribution is -0.288. The van der Waals surface area contributed by atoms with Gasteiger partial charge in [-0.2, -0.15) is 44.9 Å². The van der Waals surface area contributed by atoms with E-state index in [0.717, 1.165) is 0 Å². The standard InChI is InChI=1S/C67H118N24O6/c1-56(2)29-41(30-57(3,4)86(56)92)70-49-76-47(77-50(80-49)71-42-31-58(5,6)87(93)59(7,8)32-42)68-25-27-85(55-83-53(74-45-37-64(17,18)90(96)65(19,20)38-45)82-54(84-55)75-46-39-66(21,22)91(97)67(23,24)40-46)28-26-69-48-78-51(72-43-33-60(9,10)88(94)61(11,12)34-43)81-52(79-48)73-44-35-62(13,14)89(95)63(15,16)36-44/h41-46H,25-40H2,1-24H3,(H2,74,75,82,83,84)(H3,68,70,71,76,77,80)(H3,69,72,73,78,79,81). The molecular weight excluding hydrogens is 1240 g/mol. The lowest BCUT2D eigenvalue weighted by atomic mass is 9.79. The largest absolute Gasteiger partial charge is 0.352 e. The molecular formula is C67H118N24O6. The van der Waals surface area contributed by atoms with E-state index in [2.05, 4.69) is 42.5 Å². The molecule has 0 bridgehead atoms. The molecule has 30 heteroatoms. The van der Waals surface area contributed by atoms with Crippen molar-refractivity contribution >= 4 is 53.5 Å². The second-order valence-corrected chi connectivity index (χ2v) is 36.7. The van der Waals surface area contributed by atoms with Crippen molar-refractivity contribution < 1.29 is 31.2 Å². The average Bonchev–Trinajstić information content (AvgIpc) is 0.802. The summed E-state index contributed by atoms with van der Waals surface area (Å²) in [4.78, 5) is 47.4.